The van der Waals surface area contributed by atoms with Crippen molar-refractivity contribution < 1.29 is 4.79 Å². The maximum Gasteiger partial charge on any atom is 0.251 e. The lowest BCUT2D eigenvalue weighted by Crippen LogP contribution is -2.32. The minimum atomic E-state index is 0.0525. The normalized spacial score (nSPS) is 22.6. The van der Waals surface area contributed by atoms with Crippen molar-refractivity contribution in [2.75, 3.05) is 6.54 Å². The number of halogens is 1. The Balaban J connectivity index is 1.98. The number of benzene rings is 1. The molecule has 0 radical (unpaired) electrons. The van der Waals surface area contributed by atoms with Crippen molar-refractivity contribution in [1.29, 1.82) is 0 Å². The number of rotatable bonds is 3. The van der Waals surface area contributed by atoms with Gasteiger partial charge in [0.25, 0.3) is 5.91 Å². The quantitative estimate of drug-likeness (QED) is 0.834. The average molecular weight is 294 g/mol. The summed E-state index contributed by atoms with van der Waals surface area (Å²) in [6.07, 6.45) is 4.49. The van der Waals surface area contributed by atoms with Crippen molar-refractivity contribution in [3.63, 3.8) is 0 Å². The van der Waals surface area contributed by atoms with Crippen LogP contribution in [-0.4, -0.2) is 17.8 Å². The van der Waals surface area contributed by atoms with Gasteiger partial charge in [0.15, 0.2) is 0 Å². The van der Waals surface area contributed by atoms with Crippen LogP contribution in [0.5, 0.6) is 0 Å². The Morgan fingerprint density at radius 2 is 1.90 bits per heavy atom. The van der Waals surface area contributed by atoms with Gasteiger partial charge < -0.3 is 5.32 Å². The monoisotopic (exact) mass is 293 g/mol. The molecule has 1 fully saturated rings. The Bertz CT molecular complexity index is 475. The Kier molecular flexibility index (Phi) is 5.09. The van der Waals surface area contributed by atoms with E-state index < -0.39 is 0 Å². The van der Waals surface area contributed by atoms with Crippen LogP contribution in [0.15, 0.2) is 12.1 Å². The summed E-state index contributed by atoms with van der Waals surface area (Å²) >= 11 is 6.20. The molecule has 2 rings (SSSR count). The van der Waals surface area contributed by atoms with Gasteiger partial charge in [-0.15, -0.1) is 11.6 Å². The lowest BCUT2D eigenvalue weighted by molar-refractivity contribution is 0.0942. The highest BCUT2D eigenvalue weighted by Gasteiger charge is 2.21. The number of hydrogen-bond acceptors (Lipinski definition) is 1. The zero-order valence-electron chi connectivity index (χ0n) is 12.6. The van der Waals surface area contributed by atoms with Gasteiger partial charge in [0.2, 0.25) is 0 Å². The number of hydrogen-bond donors (Lipinski definition) is 1. The highest BCUT2D eigenvalue weighted by atomic mass is 35.5. The third kappa shape index (κ3) is 3.76. The topological polar surface area (TPSA) is 29.1 Å². The third-order valence-corrected chi connectivity index (χ3v) is 4.57. The summed E-state index contributed by atoms with van der Waals surface area (Å²) in [4.78, 5) is 12.4. The number of aryl methyl sites for hydroxylation is 3. The van der Waals surface area contributed by atoms with Crippen LogP contribution in [0.1, 0.15) is 52.7 Å². The summed E-state index contributed by atoms with van der Waals surface area (Å²) in [5, 5.41) is 3.38. The van der Waals surface area contributed by atoms with Gasteiger partial charge >= 0.3 is 0 Å². The van der Waals surface area contributed by atoms with E-state index in [-0.39, 0.29) is 11.3 Å². The molecule has 0 aromatic heterocycles. The number of nitrogens with one attached hydrogen (secondary N) is 1. The Morgan fingerprint density at radius 3 is 2.50 bits per heavy atom. The van der Waals surface area contributed by atoms with Gasteiger partial charge in [0, 0.05) is 17.5 Å². The van der Waals surface area contributed by atoms with Crippen molar-refractivity contribution in [2.24, 2.45) is 5.92 Å². The van der Waals surface area contributed by atoms with Crippen LogP contribution >= 0.6 is 11.6 Å². The zero-order valence-corrected chi connectivity index (χ0v) is 13.4. The molecule has 1 aromatic carbocycles. The van der Waals surface area contributed by atoms with Gasteiger partial charge in [0.05, 0.1) is 0 Å². The lowest BCUT2D eigenvalue weighted by Gasteiger charge is -2.25. The minimum absolute atomic E-state index is 0.0525. The summed E-state index contributed by atoms with van der Waals surface area (Å²) in [5.74, 6) is 0.581. The van der Waals surface area contributed by atoms with Crippen molar-refractivity contribution in [3.05, 3.63) is 34.4 Å². The van der Waals surface area contributed by atoms with Gasteiger partial charge in [-0.2, -0.15) is 0 Å². The molecule has 20 heavy (non-hydrogen) atoms. The van der Waals surface area contributed by atoms with E-state index in [0.29, 0.717) is 5.92 Å². The van der Waals surface area contributed by atoms with E-state index in [1.54, 1.807) is 0 Å². The molecule has 2 atom stereocenters. The largest absolute Gasteiger partial charge is 0.352 e. The van der Waals surface area contributed by atoms with Gasteiger partial charge in [-0.1, -0.05) is 24.1 Å². The molecule has 110 valence electrons. The highest BCUT2D eigenvalue weighted by Crippen LogP contribution is 2.27. The Hall–Kier alpha value is -1.02. The number of alkyl halides is 1. The summed E-state index contributed by atoms with van der Waals surface area (Å²) in [5.41, 5.74) is 4.14. The maximum atomic E-state index is 12.4. The smallest absolute Gasteiger partial charge is 0.251 e. The maximum absolute atomic E-state index is 12.4. The first-order valence-corrected chi connectivity index (χ1v) is 7.91. The Labute approximate surface area is 126 Å². The molecule has 1 saturated carbocycles. The van der Waals surface area contributed by atoms with Crippen LogP contribution in [0.2, 0.25) is 0 Å². The predicted octanol–water partition coefficient (Wildman–Crippen LogP) is 4.14. The van der Waals surface area contributed by atoms with Gasteiger partial charge in [-0.3, -0.25) is 4.79 Å². The van der Waals surface area contributed by atoms with Crippen molar-refractivity contribution in [1.82, 2.24) is 5.32 Å². The second-order valence-electron chi connectivity index (χ2n) is 6.11. The molecule has 0 bridgehead atoms. The molecule has 0 saturated heterocycles. The Morgan fingerprint density at radius 1 is 1.25 bits per heavy atom. The summed E-state index contributed by atoms with van der Waals surface area (Å²) in [6.45, 7) is 6.81. The molecule has 2 unspecified atom stereocenters. The number of carbonyl (C=O) groups excluding carboxylic acids is 1. The lowest BCUT2D eigenvalue weighted by atomic mass is 9.88. The SMILES string of the molecule is Cc1cc(C)c(C(=O)NCC2CCCC(Cl)C2)c(C)c1. The number of carbonyl (C=O) groups is 1. The molecular weight excluding hydrogens is 270 g/mol. The first-order chi connectivity index (χ1) is 9.47. The molecule has 2 nitrogen and oxygen atoms in total. The van der Waals surface area contributed by atoms with Crippen molar-refractivity contribution in [3.8, 4) is 0 Å². The molecule has 1 amide bonds. The molecule has 1 aliphatic rings. The van der Waals surface area contributed by atoms with Gasteiger partial charge in [0.1, 0.15) is 0 Å². The average Bonchev–Trinajstić information content (AvgIpc) is 2.35. The van der Waals surface area contributed by atoms with Crippen LogP contribution in [0.3, 0.4) is 0 Å². The first-order valence-electron chi connectivity index (χ1n) is 7.47. The summed E-state index contributed by atoms with van der Waals surface area (Å²) in [6, 6.07) is 4.13. The molecule has 0 heterocycles. The third-order valence-electron chi connectivity index (χ3n) is 4.17. The zero-order chi connectivity index (χ0) is 14.7. The molecule has 1 aromatic rings. The molecular formula is C17H24ClNO. The fourth-order valence-corrected chi connectivity index (χ4v) is 3.68. The van der Waals surface area contributed by atoms with E-state index in [4.69, 9.17) is 11.6 Å². The second kappa shape index (κ2) is 6.62. The molecule has 0 aliphatic heterocycles. The highest BCUT2D eigenvalue weighted by molar-refractivity contribution is 6.20. The van der Waals surface area contributed by atoms with Crippen LogP contribution in [0.4, 0.5) is 0 Å². The minimum Gasteiger partial charge on any atom is -0.352 e. The summed E-state index contributed by atoms with van der Waals surface area (Å²) < 4.78 is 0. The van der Waals surface area contributed by atoms with E-state index in [2.05, 4.69) is 24.4 Å². The number of amides is 1. The fourth-order valence-electron chi connectivity index (χ4n) is 3.27. The molecule has 1 N–H and O–H groups in total. The summed E-state index contributed by atoms with van der Waals surface area (Å²) in [7, 11) is 0. The van der Waals surface area contributed by atoms with E-state index in [1.807, 2.05) is 13.8 Å². The van der Waals surface area contributed by atoms with E-state index in [0.717, 1.165) is 36.1 Å². The van der Waals surface area contributed by atoms with Gasteiger partial charge in [-0.25, -0.2) is 0 Å². The first kappa shape index (κ1) is 15.4. The van der Waals surface area contributed by atoms with E-state index in [1.165, 1.54) is 18.4 Å². The molecule has 0 spiro atoms. The van der Waals surface area contributed by atoms with Gasteiger partial charge in [-0.05, 0) is 57.1 Å². The second-order valence-corrected chi connectivity index (χ2v) is 6.73. The van der Waals surface area contributed by atoms with Crippen LogP contribution < -0.4 is 5.32 Å². The standard InChI is InChI=1S/C17H24ClNO/c1-11-7-12(2)16(13(3)8-11)17(20)19-10-14-5-4-6-15(18)9-14/h7-8,14-15H,4-6,9-10H2,1-3H3,(H,19,20). The van der Waals surface area contributed by atoms with Crippen LogP contribution in [-0.2, 0) is 0 Å². The van der Waals surface area contributed by atoms with Crippen LogP contribution in [0, 0.1) is 26.7 Å². The van der Waals surface area contributed by atoms with Crippen molar-refractivity contribution >= 4 is 17.5 Å². The molecule has 3 heteroatoms. The predicted molar refractivity (Wildman–Crippen MR) is 84.6 cm³/mol. The molecule has 1 aliphatic carbocycles. The van der Waals surface area contributed by atoms with Crippen molar-refractivity contribution in [2.45, 2.75) is 51.8 Å². The van der Waals surface area contributed by atoms with E-state index >= 15 is 0 Å². The van der Waals surface area contributed by atoms with Crippen LogP contribution in [0.25, 0.3) is 0 Å². The fraction of sp³-hybridized carbons (Fsp3) is 0.588. The van der Waals surface area contributed by atoms with E-state index in [9.17, 15) is 4.79 Å².